The van der Waals surface area contributed by atoms with Gasteiger partial charge in [0.1, 0.15) is 0 Å². The van der Waals surface area contributed by atoms with Gasteiger partial charge in [-0.15, -0.1) is 0 Å². The van der Waals surface area contributed by atoms with E-state index in [1.165, 1.54) is 0 Å². The van der Waals surface area contributed by atoms with Crippen LogP contribution in [0.5, 0.6) is 0 Å². The molecule has 0 aliphatic heterocycles. The highest BCUT2D eigenvalue weighted by Gasteiger charge is 2.40. The zero-order valence-corrected chi connectivity index (χ0v) is 10.8. The number of ether oxygens (including phenoxy) is 2. The van der Waals surface area contributed by atoms with E-state index in [0.29, 0.717) is 11.1 Å². The van der Waals surface area contributed by atoms with Crippen LogP contribution in [0.1, 0.15) is 15.9 Å². The van der Waals surface area contributed by atoms with Crippen LogP contribution in [-0.4, -0.2) is 25.8 Å². The van der Waals surface area contributed by atoms with Gasteiger partial charge in [-0.05, 0) is 17.7 Å². The summed E-state index contributed by atoms with van der Waals surface area (Å²) in [6.07, 6.45) is 7.37. The van der Waals surface area contributed by atoms with E-state index in [1.54, 1.807) is 26.4 Å². The molecule has 3 nitrogen and oxygen atoms in total. The van der Waals surface area contributed by atoms with Crippen molar-refractivity contribution in [3.05, 3.63) is 64.8 Å². The molecular formula is C16H14O3. The monoisotopic (exact) mass is 254 g/mol. The van der Waals surface area contributed by atoms with Gasteiger partial charge in [0, 0.05) is 30.9 Å². The lowest BCUT2D eigenvalue weighted by molar-refractivity contribution is -0.139. The van der Waals surface area contributed by atoms with Crippen LogP contribution in [0.4, 0.5) is 0 Å². The van der Waals surface area contributed by atoms with Gasteiger partial charge in [-0.2, -0.15) is 0 Å². The fourth-order valence-corrected chi connectivity index (χ4v) is 2.58. The van der Waals surface area contributed by atoms with Gasteiger partial charge in [0.2, 0.25) is 5.79 Å². The molecule has 0 aromatic heterocycles. The fourth-order valence-electron chi connectivity index (χ4n) is 2.58. The average molecular weight is 254 g/mol. The largest absolute Gasteiger partial charge is 0.346 e. The van der Waals surface area contributed by atoms with E-state index in [9.17, 15) is 4.79 Å². The van der Waals surface area contributed by atoms with E-state index < -0.39 is 5.79 Å². The zero-order chi connectivity index (χ0) is 13.5. The minimum atomic E-state index is -0.979. The lowest BCUT2D eigenvalue weighted by Gasteiger charge is -2.35. The second-order valence-corrected chi connectivity index (χ2v) is 4.49. The highest BCUT2D eigenvalue weighted by molar-refractivity contribution is 6.17. The summed E-state index contributed by atoms with van der Waals surface area (Å²) in [5, 5.41) is 0. The van der Waals surface area contributed by atoms with E-state index in [2.05, 4.69) is 0 Å². The van der Waals surface area contributed by atoms with Crippen molar-refractivity contribution >= 4 is 11.9 Å². The first-order valence-corrected chi connectivity index (χ1v) is 6.08. The summed E-state index contributed by atoms with van der Waals surface area (Å²) in [5.41, 5.74) is 3.00. The molecule has 0 spiro atoms. The SMILES string of the molecule is COC1(OC)C=CC=C2C(=O)c3ccccc3C=C21. The van der Waals surface area contributed by atoms with Gasteiger partial charge in [0.05, 0.1) is 0 Å². The minimum Gasteiger partial charge on any atom is -0.346 e. The Balaban J connectivity index is 2.25. The minimum absolute atomic E-state index is 0.0101. The van der Waals surface area contributed by atoms with E-state index in [4.69, 9.17) is 9.47 Å². The zero-order valence-electron chi connectivity index (χ0n) is 10.8. The maximum absolute atomic E-state index is 12.5. The van der Waals surface area contributed by atoms with E-state index in [-0.39, 0.29) is 5.78 Å². The Kier molecular flexibility index (Phi) is 2.73. The van der Waals surface area contributed by atoms with Crippen molar-refractivity contribution in [2.45, 2.75) is 5.79 Å². The number of methoxy groups -OCH3 is 2. The molecule has 0 saturated carbocycles. The molecule has 0 saturated heterocycles. The molecule has 0 unspecified atom stereocenters. The number of hydrogen-bond acceptors (Lipinski definition) is 3. The maximum atomic E-state index is 12.5. The van der Waals surface area contributed by atoms with Gasteiger partial charge in [0.25, 0.3) is 0 Å². The Morgan fingerprint density at radius 3 is 2.58 bits per heavy atom. The smallest absolute Gasteiger partial charge is 0.215 e. The van der Waals surface area contributed by atoms with E-state index >= 15 is 0 Å². The molecule has 2 aliphatic carbocycles. The average Bonchev–Trinajstić information content (AvgIpc) is 2.47. The quantitative estimate of drug-likeness (QED) is 0.761. The summed E-state index contributed by atoms with van der Waals surface area (Å²) in [4.78, 5) is 12.5. The first kappa shape index (κ1) is 12.1. The number of allylic oxidation sites excluding steroid dienone is 2. The summed E-state index contributed by atoms with van der Waals surface area (Å²) in [5.74, 6) is -0.969. The van der Waals surface area contributed by atoms with Crippen LogP contribution in [0, 0.1) is 0 Å². The molecule has 0 bridgehead atoms. The molecular weight excluding hydrogens is 240 g/mol. The van der Waals surface area contributed by atoms with Crippen LogP contribution in [0.25, 0.3) is 6.08 Å². The summed E-state index contributed by atoms with van der Waals surface area (Å²) in [6.45, 7) is 0. The third-order valence-electron chi connectivity index (χ3n) is 3.60. The highest BCUT2D eigenvalue weighted by Crippen LogP contribution is 2.39. The number of ketones is 1. The van der Waals surface area contributed by atoms with Gasteiger partial charge in [-0.3, -0.25) is 4.79 Å². The van der Waals surface area contributed by atoms with Gasteiger partial charge >= 0.3 is 0 Å². The van der Waals surface area contributed by atoms with Gasteiger partial charge in [-0.1, -0.05) is 36.4 Å². The molecule has 96 valence electrons. The van der Waals surface area contributed by atoms with Gasteiger partial charge in [0.15, 0.2) is 5.78 Å². The molecule has 19 heavy (non-hydrogen) atoms. The number of hydrogen-bond donors (Lipinski definition) is 0. The molecule has 2 aliphatic rings. The highest BCUT2D eigenvalue weighted by atomic mass is 16.7. The van der Waals surface area contributed by atoms with E-state index in [0.717, 1.165) is 11.1 Å². The molecule has 0 atom stereocenters. The summed E-state index contributed by atoms with van der Waals surface area (Å²) in [6, 6.07) is 7.54. The molecule has 1 aromatic carbocycles. The summed E-state index contributed by atoms with van der Waals surface area (Å²) < 4.78 is 11.0. The van der Waals surface area contributed by atoms with Crippen LogP contribution in [0.3, 0.4) is 0 Å². The predicted octanol–water partition coefficient (Wildman–Crippen LogP) is 2.75. The van der Waals surface area contributed by atoms with Crippen molar-refractivity contribution in [1.29, 1.82) is 0 Å². The van der Waals surface area contributed by atoms with Crippen molar-refractivity contribution in [3.8, 4) is 0 Å². The van der Waals surface area contributed by atoms with Gasteiger partial charge < -0.3 is 9.47 Å². The summed E-state index contributed by atoms with van der Waals surface area (Å²) in [7, 11) is 3.14. The number of rotatable bonds is 2. The predicted molar refractivity (Wildman–Crippen MR) is 72.7 cm³/mol. The first-order chi connectivity index (χ1) is 9.22. The van der Waals surface area contributed by atoms with Crippen molar-refractivity contribution in [1.82, 2.24) is 0 Å². The van der Waals surface area contributed by atoms with Crippen molar-refractivity contribution in [2.75, 3.05) is 14.2 Å². The first-order valence-electron chi connectivity index (χ1n) is 6.08. The number of carbonyl (C=O) groups is 1. The number of carbonyl (C=O) groups excluding carboxylic acids is 1. The Morgan fingerprint density at radius 2 is 1.84 bits per heavy atom. The van der Waals surface area contributed by atoms with Crippen LogP contribution >= 0.6 is 0 Å². The standard InChI is InChI=1S/C16H14O3/c1-18-16(19-2)9-5-8-13-14(16)10-11-6-3-4-7-12(11)15(13)17/h3-10H,1-2H3. The van der Waals surface area contributed by atoms with Crippen molar-refractivity contribution in [3.63, 3.8) is 0 Å². The molecule has 3 rings (SSSR count). The molecule has 0 heterocycles. The second-order valence-electron chi connectivity index (χ2n) is 4.49. The number of fused-ring (bicyclic) bond motifs is 2. The topological polar surface area (TPSA) is 35.5 Å². The van der Waals surface area contributed by atoms with Crippen molar-refractivity contribution < 1.29 is 14.3 Å². The molecule has 0 amide bonds. The molecule has 1 aromatic rings. The maximum Gasteiger partial charge on any atom is 0.215 e. The third kappa shape index (κ3) is 1.63. The molecule has 0 N–H and O–H groups in total. The van der Waals surface area contributed by atoms with Crippen LogP contribution in [-0.2, 0) is 9.47 Å². The fraction of sp³-hybridized carbons (Fsp3) is 0.188. The Hall–Kier alpha value is -1.97. The lowest BCUT2D eigenvalue weighted by atomic mass is 9.80. The number of Topliss-reactive ketones (excluding diaryl/α,β-unsaturated/α-hetero) is 1. The molecule has 0 fully saturated rings. The lowest BCUT2D eigenvalue weighted by Crippen LogP contribution is -2.38. The normalized spacial score (nSPS) is 19.4. The van der Waals surface area contributed by atoms with Gasteiger partial charge in [-0.25, -0.2) is 0 Å². The van der Waals surface area contributed by atoms with Crippen LogP contribution < -0.4 is 0 Å². The van der Waals surface area contributed by atoms with E-state index in [1.807, 2.05) is 36.4 Å². The summed E-state index contributed by atoms with van der Waals surface area (Å²) >= 11 is 0. The third-order valence-corrected chi connectivity index (χ3v) is 3.60. The Bertz CT molecular complexity index is 631. The number of benzene rings is 1. The molecule has 0 radical (unpaired) electrons. The second kappa shape index (κ2) is 4.30. The van der Waals surface area contributed by atoms with Crippen LogP contribution in [0.2, 0.25) is 0 Å². The molecule has 3 heteroatoms. The Morgan fingerprint density at radius 1 is 1.11 bits per heavy atom. The van der Waals surface area contributed by atoms with Crippen LogP contribution in [0.15, 0.2) is 53.6 Å². The van der Waals surface area contributed by atoms with Crippen molar-refractivity contribution in [2.24, 2.45) is 0 Å². The Labute approximate surface area is 111 Å².